The lowest BCUT2D eigenvalue weighted by atomic mass is 9.98. The number of aryl methyl sites for hydroxylation is 1. The lowest BCUT2D eigenvalue weighted by Crippen LogP contribution is -2.32. The van der Waals surface area contributed by atoms with Gasteiger partial charge in [0.1, 0.15) is 5.75 Å². The lowest BCUT2D eigenvalue weighted by molar-refractivity contribution is -0.155. The zero-order valence-electron chi connectivity index (χ0n) is 17.4. The molecular formula is C23H27NO5. The highest BCUT2D eigenvalue weighted by Crippen LogP contribution is 2.27. The maximum absolute atomic E-state index is 12.5. The van der Waals surface area contributed by atoms with Gasteiger partial charge in [0, 0.05) is 11.3 Å². The number of carbonyl (C=O) groups excluding carboxylic acids is 3. The Morgan fingerprint density at radius 1 is 1.00 bits per heavy atom. The molecule has 0 saturated heterocycles. The fourth-order valence-corrected chi connectivity index (χ4v) is 2.78. The average Bonchev–Trinajstić information content (AvgIpc) is 2.67. The van der Waals surface area contributed by atoms with Gasteiger partial charge >= 0.3 is 5.97 Å². The van der Waals surface area contributed by atoms with Crippen molar-refractivity contribution in [2.45, 2.75) is 46.6 Å². The molecule has 6 nitrogen and oxygen atoms in total. The number of ketones is 1. The summed E-state index contributed by atoms with van der Waals surface area (Å²) in [4.78, 5) is 35.8. The van der Waals surface area contributed by atoms with Crippen LogP contribution in [0.4, 0.5) is 5.69 Å². The van der Waals surface area contributed by atoms with Gasteiger partial charge in [-0.3, -0.25) is 9.59 Å². The van der Waals surface area contributed by atoms with E-state index in [-0.39, 0.29) is 18.3 Å². The maximum Gasteiger partial charge on any atom is 0.344 e. The number of benzene rings is 2. The number of esters is 1. The van der Waals surface area contributed by atoms with Crippen molar-refractivity contribution in [3.63, 3.8) is 0 Å². The van der Waals surface area contributed by atoms with Crippen molar-refractivity contribution in [2.75, 3.05) is 11.9 Å². The Balaban J connectivity index is 1.91. The number of carbonyl (C=O) groups is 3. The topological polar surface area (TPSA) is 81.7 Å². The Morgan fingerprint density at radius 2 is 1.66 bits per heavy atom. The van der Waals surface area contributed by atoms with Gasteiger partial charge < -0.3 is 14.8 Å². The van der Waals surface area contributed by atoms with Crippen molar-refractivity contribution in [2.24, 2.45) is 0 Å². The van der Waals surface area contributed by atoms with Crippen molar-refractivity contribution >= 4 is 23.3 Å². The van der Waals surface area contributed by atoms with E-state index >= 15 is 0 Å². The molecule has 0 aliphatic carbocycles. The summed E-state index contributed by atoms with van der Waals surface area (Å²) in [6.45, 7) is 8.67. The Bertz CT molecular complexity index is 887. The van der Waals surface area contributed by atoms with Gasteiger partial charge in [-0.25, -0.2) is 4.79 Å². The zero-order chi connectivity index (χ0) is 21.6. The number of hydrogen-bond donors (Lipinski definition) is 1. The monoisotopic (exact) mass is 397 g/mol. The fourth-order valence-electron chi connectivity index (χ4n) is 2.78. The van der Waals surface area contributed by atoms with Crippen LogP contribution in [0, 0.1) is 6.92 Å². The molecule has 0 aromatic heterocycles. The highest BCUT2D eigenvalue weighted by molar-refractivity contribution is 5.96. The van der Waals surface area contributed by atoms with Crippen LogP contribution in [0.3, 0.4) is 0 Å². The second-order valence-corrected chi connectivity index (χ2v) is 7.18. The molecule has 2 aromatic carbocycles. The standard InChI is InChI=1S/C23H27NO5/c1-14(2)20-8-6-7-15(3)22(20)24-23(27)17(5)29-21(26)13-28-19-11-9-18(10-12-19)16(4)25/h6-12,14,17H,13H2,1-5H3,(H,24,27)/t17-/m1/s1. The van der Waals surface area contributed by atoms with E-state index in [1.165, 1.54) is 13.8 Å². The summed E-state index contributed by atoms with van der Waals surface area (Å²) in [6, 6.07) is 12.3. The molecule has 0 radical (unpaired) electrons. The Hall–Kier alpha value is -3.15. The molecule has 2 aromatic rings. The summed E-state index contributed by atoms with van der Waals surface area (Å²) in [7, 11) is 0. The van der Waals surface area contributed by atoms with Crippen LogP contribution < -0.4 is 10.1 Å². The number of Topliss-reactive ketones (excluding diaryl/α,β-unsaturated/α-hetero) is 1. The van der Waals surface area contributed by atoms with Gasteiger partial charge in [-0.15, -0.1) is 0 Å². The minimum atomic E-state index is -0.967. The van der Waals surface area contributed by atoms with Crippen molar-refractivity contribution in [3.8, 4) is 5.75 Å². The molecule has 29 heavy (non-hydrogen) atoms. The van der Waals surface area contributed by atoms with Crippen LogP contribution in [0.5, 0.6) is 5.75 Å². The molecule has 0 spiro atoms. The van der Waals surface area contributed by atoms with Crippen LogP contribution in [0.25, 0.3) is 0 Å². The minimum Gasteiger partial charge on any atom is -0.482 e. The number of para-hydroxylation sites is 1. The van der Waals surface area contributed by atoms with E-state index in [4.69, 9.17) is 9.47 Å². The van der Waals surface area contributed by atoms with E-state index in [1.54, 1.807) is 24.3 Å². The first-order valence-corrected chi connectivity index (χ1v) is 9.52. The summed E-state index contributed by atoms with van der Waals surface area (Å²) in [6.07, 6.45) is -0.967. The van der Waals surface area contributed by atoms with Crippen LogP contribution in [0.2, 0.25) is 0 Å². The summed E-state index contributed by atoms with van der Waals surface area (Å²) >= 11 is 0. The molecular weight excluding hydrogens is 370 g/mol. The number of amides is 1. The largest absolute Gasteiger partial charge is 0.482 e. The average molecular weight is 397 g/mol. The lowest BCUT2D eigenvalue weighted by Gasteiger charge is -2.19. The summed E-state index contributed by atoms with van der Waals surface area (Å²) < 4.78 is 10.5. The summed E-state index contributed by atoms with van der Waals surface area (Å²) in [5.41, 5.74) is 3.27. The van der Waals surface area contributed by atoms with Crippen molar-refractivity contribution in [1.82, 2.24) is 0 Å². The quantitative estimate of drug-likeness (QED) is 0.531. The van der Waals surface area contributed by atoms with Gasteiger partial charge in [-0.05, 0) is 62.1 Å². The normalized spacial score (nSPS) is 11.7. The zero-order valence-corrected chi connectivity index (χ0v) is 17.4. The fraction of sp³-hybridized carbons (Fsp3) is 0.348. The van der Waals surface area contributed by atoms with Crippen LogP contribution in [-0.2, 0) is 14.3 Å². The van der Waals surface area contributed by atoms with Crippen LogP contribution in [-0.4, -0.2) is 30.4 Å². The third kappa shape index (κ3) is 6.17. The van der Waals surface area contributed by atoms with Crippen LogP contribution >= 0.6 is 0 Å². The molecule has 0 aliphatic heterocycles. The van der Waals surface area contributed by atoms with E-state index in [0.717, 1.165) is 16.8 Å². The van der Waals surface area contributed by atoms with E-state index in [1.807, 2.05) is 39.0 Å². The smallest absolute Gasteiger partial charge is 0.344 e. The van der Waals surface area contributed by atoms with Crippen LogP contribution in [0.15, 0.2) is 42.5 Å². The highest BCUT2D eigenvalue weighted by atomic mass is 16.6. The Labute approximate surface area is 171 Å². The number of ether oxygens (including phenoxy) is 2. The van der Waals surface area contributed by atoms with Crippen molar-refractivity contribution in [1.29, 1.82) is 0 Å². The van der Waals surface area contributed by atoms with E-state index in [0.29, 0.717) is 11.3 Å². The van der Waals surface area contributed by atoms with Gasteiger partial charge in [0.25, 0.3) is 5.91 Å². The summed E-state index contributed by atoms with van der Waals surface area (Å²) in [5, 5.41) is 2.87. The number of anilines is 1. The van der Waals surface area contributed by atoms with Crippen molar-refractivity contribution < 1.29 is 23.9 Å². The molecule has 154 valence electrons. The predicted molar refractivity (Wildman–Crippen MR) is 111 cm³/mol. The van der Waals surface area contributed by atoms with E-state index in [9.17, 15) is 14.4 Å². The number of rotatable bonds is 8. The Kier molecular flexibility index (Phi) is 7.53. The molecule has 0 heterocycles. The molecule has 0 fully saturated rings. The van der Waals surface area contributed by atoms with E-state index in [2.05, 4.69) is 5.32 Å². The first kappa shape index (κ1) is 22.1. The third-order valence-corrected chi connectivity index (χ3v) is 4.47. The molecule has 0 unspecified atom stereocenters. The predicted octanol–water partition coefficient (Wildman–Crippen LogP) is 4.27. The van der Waals surface area contributed by atoms with Gasteiger partial charge in [0.15, 0.2) is 18.5 Å². The molecule has 2 rings (SSSR count). The third-order valence-electron chi connectivity index (χ3n) is 4.47. The first-order chi connectivity index (χ1) is 13.7. The summed E-state index contributed by atoms with van der Waals surface area (Å²) in [5.74, 6) is -0.431. The molecule has 0 bridgehead atoms. The maximum atomic E-state index is 12.5. The molecule has 6 heteroatoms. The first-order valence-electron chi connectivity index (χ1n) is 9.52. The molecule has 0 aliphatic rings. The van der Waals surface area contributed by atoms with E-state index < -0.39 is 18.0 Å². The van der Waals surface area contributed by atoms with Crippen LogP contribution in [0.1, 0.15) is 55.1 Å². The Morgan fingerprint density at radius 3 is 2.24 bits per heavy atom. The molecule has 1 N–H and O–H groups in total. The van der Waals surface area contributed by atoms with Gasteiger partial charge in [0.2, 0.25) is 0 Å². The van der Waals surface area contributed by atoms with Gasteiger partial charge in [0.05, 0.1) is 0 Å². The second kappa shape index (κ2) is 9.87. The highest BCUT2D eigenvalue weighted by Gasteiger charge is 2.20. The molecule has 0 saturated carbocycles. The number of hydrogen-bond acceptors (Lipinski definition) is 5. The van der Waals surface area contributed by atoms with Crippen molar-refractivity contribution in [3.05, 3.63) is 59.2 Å². The minimum absolute atomic E-state index is 0.0509. The molecule has 1 amide bonds. The van der Waals surface area contributed by atoms with Gasteiger partial charge in [-0.2, -0.15) is 0 Å². The SMILES string of the molecule is CC(=O)c1ccc(OCC(=O)O[C@H](C)C(=O)Nc2c(C)cccc2C(C)C)cc1. The number of nitrogens with one attached hydrogen (secondary N) is 1. The molecule has 1 atom stereocenters. The van der Waals surface area contributed by atoms with Gasteiger partial charge in [-0.1, -0.05) is 32.0 Å². The second-order valence-electron chi connectivity index (χ2n) is 7.18.